The lowest BCUT2D eigenvalue weighted by Crippen LogP contribution is -2.35. The number of halogens is 1. The average Bonchev–Trinajstić information content (AvgIpc) is 2.96. The highest BCUT2D eigenvalue weighted by molar-refractivity contribution is 5.85. The normalized spacial score (nSPS) is 11.6. The molecular weight excluding hydrogens is 372 g/mol. The van der Waals surface area contributed by atoms with Crippen LogP contribution in [0.4, 0.5) is 0 Å². The highest BCUT2D eigenvalue weighted by Crippen LogP contribution is 2.22. The van der Waals surface area contributed by atoms with Crippen molar-refractivity contribution in [3.05, 3.63) is 82.7 Å². The van der Waals surface area contributed by atoms with Gasteiger partial charge in [-0.15, -0.1) is 12.4 Å². The van der Waals surface area contributed by atoms with Crippen molar-refractivity contribution < 1.29 is 4.79 Å². The molecule has 0 saturated carbocycles. The van der Waals surface area contributed by atoms with Crippen molar-refractivity contribution in [2.45, 2.75) is 33.4 Å². The molecule has 3 aromatic rings. The van der Waals surface area contributed by atoms with E-state index in [9.17, 15) is 4.79 Å². The van der Waals surface area contributed by atoms with Gasteiger partial charge in [0.1, 0.15) is 6.04 Å². The molecule has 0 saturated heterocycles. The third kappa shape index (κ3) is 4.26. The maximum absolute atomic E-state index is 12.8. The van der Waals surface area contributed by atoms with E-state index in [0.717, 1.165) is 33.8 Å². The fourth-order valence-electron chi connectivity index (χ4n) is 3.29. The van der Waals surface area contributed by atoms with E-state index in [2.05, 4.69) is 19.1 Å². The molecule has 0 radical (unpaired) electrons. The summed E-state index contributed by atoms with van der Waals surface area (Å²) in [7, 11) is 1.79. The largest absolute Gasteiger partial charge is 0.340 e. The highest BCUT2D eigenvalue weighted by Gasteiger charge is 2.22. The van der Waals surface area contributed by atoms with Crippen molar-refractivity contribution in [3.8, 4) is 5.69 Å². The summed E-state index contributed by atoms with van der Waals surface area (Å²) in [4.78, 5) is 14.5. The molecule has 5 nitrogen and oxygen atoms in total. The van der Waals surface area contributed by atoms with E-state index in [1.54, 1.807) is 11.9 Å². The number of nitrogens with zero attached hydrogens (tertiary/aromatic N) is 3. The third-order valence-corrected chi connectivity index (χ3v) is 4.98. The highest BCUT2D eigenvalue weighted by atomic mass is 35.5. The number of carbonyl (C=O) groups is 1. The predicted octanol–water partition coefficient (Wildman–Crippen LogP) is 3.88. The lowest BCUT2D eigenvalue weighted by molar-refractivity contribution is -0.132. The summed E-state index contributed by atoms with van der Waals surface area (Å²) in [6.07, 6.45) is 0. The Kier molecular flexibility index (Phi) is 7.00. The second kappa shape index (κ2) is 9.04. The monoisotopic (exact) mass is 398 g/mol. The van der Waals surface area contributed by atoms with Crippen LogP contribution in [-0.2, 0) is 11.3 Å². The molecule has 2 aromatic carbocycles. The molecule has 1 heterocycles. The van der Waals surface area contributed by atoms with Gasteiger partial charge in [-0.3, -0.25) is 4.79 Å². The number of amides is 1. The number of aryl methyl sites for hydroxylation is 2. The minimum atomic E-state index is -0.664. The number of hydrogen-bond acceptors (Lipinski definition) is 3. The summed E-state index contributed by atoms with van der Waals surface area (Å²) >= 11 is 0. The van der Waals surface area contributed by atoms with Gasteiger partial charge in [0.15, 0.2) is 0 Å². The van der Waals surface area contributed by atoms with E-state index in [-0.39, 0.29) is 18.3 Å². The van der Waals surface area contributed by atoms with E-state index in [4.69, 9.17) is 10.8 Å². The number of benzene rings is 2. The van der Waals surface area contributed by atoms with Gasteiger partial charge in [-0.1, -0.05) is 48.5 Å². The number of hydrogen-bond donors (Lipinski definition) is 1. The summed E-state index contributed by atoms with van der Waals surface area (Å²) in [5.41, 5.74) is 12.2. The van der Waals surface area contributed by atoms with Crippen molar-refractivity contribution in [2.24, 2.45) is 5.73 Å². The maximum Gasteiger partial charge on any atom is 0.244 e. The molecule has 3 rings (SSSR count). The molecule has 0 aliphatic heterocycles. The van der Waals surface area contributed by atoms with E-state index >= 15 is 0 Å². The number of aromatic nitrogens is 2. The van der Waals surface area contributed by atoms with Crippen LogP contribution in [0.15, 0.2) is 54.6 Å². The standard InChI is InChI=1S/C22H26N4O.ClH/c1-15-10-8-9-13-20(15)26-17(3)19(16(2)24-26)14-25(4)22(27)21(23)18-11-6-5-7-12-18;/h5-13,21H,14,23H2,1-4H3;1H. The quantitative estimate of drug-likeness (QED) is 0.709. The van der Waals surface area contributed by atoms with Crippen molar-refractivity contribution in [3.63, 3.8) is 0 Å². The van der Waals surface area contributed by atoms with Gasteiger partial charge in [-0.25, -0.2) is 4.68 Å². The first-order chi connectivity index (χ1) is 12.9. The molecule has 1 atom stereocenters. The fourth-order valence-corrected chi connectivity index (χ4v) is 3.29. The Morgan fingerprint density at radius 1 is 1.07 bits per heavy atom. The first kappa shape index (κ1) is 21.7. The Morgan fingerprint density at radius 2 is 1.68 bits per heavy atom. The van der Waals surface area contributed by atoms with Crippen LogP contribution in [0, 0.1) is 20.8 Å². The zero-order chi connectivity index (χ0) is 19.6. The van der Waals surface area contributed by atoms with Gasteiger partial charge >= 0.3 is 0 Å². The zero-order valence-electron chi connectivity index (χ0n) is 16.7. The first-order valence-electron chi connectivity index (χ1n) is 9.06. The summed E-state index contributed by atoms with van der Waals surface area (Å²) in [5.74, 6) is -0.108. The van der Waals surface area contributed by atoms with Gasteiger partial charge < -0.3 is 10.6 Å². The second-order valence-electron chi connectivity index (χ2n) is 6.93. The summed E-state index contributed by atoms with van der Waals surface area (Å²) in [5, 5.41) is 4.70. The minimum absolute atomic E-state index is 0. The lowest BCUT2D eigenvalue weighted by Gasteiger charge is -2.22. The number of likely N-dealkylation sites (N-methyl/N-ethyl adjacent to an activating group) is 1. The molecule has 6 heteroatoms. The Balaban J connectivity index is 0.00000280. The number of carbonyl (C=O) groups excluding carboxylic acids is 1. The molecule has 2 N–H and O–H groups in total. The average molecular weight is 399 g/mol. The van der Waals surface area contributed by atoms with Crippen molar-refractivity contribution in [1.82, 2.24) is 14.7 Å². The molecule has 148 valence electrons. The molecule has 0 bridgehead atoms. The molecule has 1 unspecified atom stereocenters. The van der Waals surface area contributed by atoms with Gasteiger partial charge in [0.2, 0.25) is 5.91 Å². The van der Waals surface area contributed by atoms with E-state index in [1.807, 2.05) is 61.0 Å². The maximum atomic E-state index is 12.8. The van der Waals surface area contributed by atoms with Gasteiger partial charge in [0, 0.05) is 24.8 Å². The molecule has 28 heavy (non-hydrogen) atoms. The summed E-state index contributed by atoms with van der Waals surface area (Å²) < 4.78 is 1.95. The van der Waals surface area contributed by atoms with Gasteiger partial charge in [0.25, 0.3) is 0 Å². The summed E-state index contributed by atoms with van der Waals surface area (Å²) in [6.45, 7) is 6.56. The summed E-state index contributed by atoms with van der Waals surface area (Å²) in [6, 6.07) is 16.9. The Morgan fingerprint density at radius 3 is 2.32 bits per heavy atom. The van der Waals surface area contributed by atoms with Crippen molar-refractivity contribution in [2.75, 3.05) is 7.05 Å². The Hall–Kier alpha value is -2.63. The Bertz CT molecular complexity index is 952. The molecular formula is C22H27ClN4O. The van der Waals surface area contributed by atoms with Crippen LogP contribution in [0.25, 0.3) is 5.69 Å². The molecule has 0 aliphatic rings. The van der Waals surface area contributed by atoms with Crippen LogP contribution in [0.5, 0.6) is 0 Å². The zero-order valence-corrected chi connectivity index (χ0v) is 17.5. The molecule has 0 spiro atoms. The van der Waals surface area contributed by atoms with Gasteiger partial charge in [-0.2, -0.15) is 5.10 Å². The van der Waals surface area contributed by atoms with E-state index in [0.29, 0.717) is 6.54 Å². The topological polar surface area (TPSA) is 64.2 Å². The smallest absolute Gasteiger partial charge is 0.244 e. The molecule has 1 amide bonds. The third-order valence-electron chi connectivity index (χ3n) is 4.98. The Labute approximate surface area is 172 Å². The lowest BCUT2D eigenvalue weighted by atomic mass is 10.1. The number of para-hydroxylation sites is 1. The van der Waals surface area contributed by atoms with E-state index in [1.165, 1.54) is 0 Å². The van der Waals surface area contributed by atoms with Crippen molar-refractivity contribution >= 4 is 18.3 Å². The van der Waals surface area contributed by atoms with Crippen LogP contribution < -0.4 is 5.73 Å². The minimum Gasteiger partial charge on any atom is -0.340 e. The molecule has 1 aromatic heterocycles. The second-order valence-corrected chi connectivity index (χ2v) is 6.93. The van der Waals surface area contributed by atoms with Crippen LogP contribution in [0.3, 0.4) is 0 Å². The molecule has 0 fully saturated rings. The number of nitrogens with two attached hydrogens (primary N) is 1. The van der Waals surface area contributed by atoms with Crippen LogP contribution in [0.2, 0.25) is 0 Å². The first-order valence-corrected chi connectivity index (χ1v) is 9.06. The van der Waals surface area contributed by atoms with Crippen LogP contribution in [-0.4, -0.2) is 27.6 Å². The SMILES string of the molecule is Cc1ccccc1-n1nc(C)c(CN(C)C(=O)C(N)c2ccccc2)c1C.Cl. The van der Waals surface area contributed by atoms with Crippen LogP contribution in [0.1, 0.15) is 34.1 Å². The van der Waals surface area contributed by atoms with Gasteiger partial charge in [-0.05, 0) is 38.0 Å². The predicted molar refractivity (Wildman–Crippen MR) is 115 cm³/mol. The molecule has 0 aliphatic carbocycles. The fraction of sp³-hybridized carbons (Fsp3) is 0.273. The van der Waals surface area contributed by atoms with E-state index < -0.39 is 6.04 Å². The van der Waals surface area contributed by atoms with Crippen molar-refractivity contribution in [1.29, 1.82) is 0 Å². The van der Waals surface area contributed by atoms with Crippen LogP contribution >= 0.6 is 12.4 Å². The number of rotatable bonds is 5. The van der Waals surface area contributed by atoms with Gasteiger partial charge in [0.05, 0.1) is 11.4 Å².